The molecule has 0 radical (unpaired) electrons. The van der Waals surface area contributed by atoms with Gasteiger partial charge in [-0.3, -0.25) is 4.79 Å². The third kappa shape index (κ3) is 3.49. The van der Waals surface area contributed by atoms with E-state index in [2.05, 4.69) is 5.10 Å². The molecule has 0 unspecified atom stereocenters. The fourth-order valence-electron chi connectivity index (χ4n) is 2.43. The summed E-state index contributed by atoms with van der Waals surface area (Å²) < 4.78 is 7.10. The maximum atomic E-state index is 12.1. The molecular weight excluding hydrogens is 266 g/mol. The summed E-state index contributed by atoms with van der Waals surface area (Å²) in [6, 6.07) is 9.97. The maximum absolute atomic E-state index is 12.1. The minimum absolute atomic E-state index is 0.200. The third-order valence-corrected chi connectivity index (χ3v) is 3.65. The minimum Gasteiger partial charge on any atom is -0.378 e. The smallest absolute Gasteiger partial charge is 0.223 e. The minimum atomic E-state index is 0.200. The van der Waals surface area contributed by atoms with Gasteiger partial charge in [0.05, 0.1) is 25.1 Å². The molecule has 1 fully saturated rings. The Hall–Kier alpha value is -2.14. The van der Waals surface area contributed by atoms with Crippen molar-refractivity contribution in [1.29, 1.82) is 0 Å². The van der Waals surface area contributed by atoms with E-state index >= 15 is 0 Å². The van der Waals surface area contributed by atoms with E-state index in [0.29, 0.717) is 32.7 Å². The number of ether oxygens (including phenoxy) is 1. The van der Waals surface area contributed by atoms with E-state index in [1.807, 2.05) is 52.3 Å². The molecule has 1 saturated heterocycles. The van der Waals surface area contributed by atoms with Gasteiger partial charge in [0.15, 0.2) is 0 Å². The van der Waals surface area contributed by atoms with Gasteiger partial charge in [-0.15, -0.1) is 0 Å². The number of hydrogen-bond donors (Lipinski definition) is 0. The van der Waals surface area contributed by atoms with Crippen molar-refractivity contribution in [2.24, 2.45) is 0 Å². The lowest BCUT2D eigenvalue weighted by atomic mass is 10.2. The molecule has 1 amide bonds. The second-order valence-electron chi connectivity index (χ2n) is 5.12. The average Bonchev–Trinajstić information content (AvgIpc) is 3.03. The number of nitrogens with zero attached hydrogens (tertiary/aromatic N) is 3. The Kier molecular flexibility index (Phi) is 4.31. The van der Waals surface area contributed by atoms with E-state index in [-0.39, 0.29) is 5.91 Å². The fraction of sp³-hybridized carbons (Fsp3) is 0.375. The molecule has 110 valence electrons. The second-order valence-corrected chi connectivity index (χ2v) is 5.12. The van der Waals surface area contributed by atoms with Crippen LogP contribution in [-0.4, -0.2) is 46.9 Å². The van der Waals surface area contributed by atoms with Crippen molar-refractivity contribution >= 4 is 5.91 Å². The molecule has 2 heterocycles. The topological polar surface area (TPSA) is 47.4 Å². The molecule has 0 bridgehead atoms. The van der Waals surface area contributed by atoms with Crippen molar-refractivity contribution in [3.63, 3.8) is 0 Å². The largest absolute Gasteiger partial charge is 0.378 e. The first-order chi connectivity index (χ1) is 10.3. The van der Waals surface area contributed by atoms with Gasteiger partial charge in [0.2, 0.25) is 5.91 Å². The zero-order valence-corrected chi connectivity index (χ0v) is 11.9. The van der Waals surface area contributed by atoms with E-state index in [9.17, 15) is 4.79 Å². The van der Waals surface area contributed by atoms with Gasteiger partial charge < -0.3 is 9.64 Å². The molecule has 1 aliphatic heterocycles. The second kappa shape index (κ2) is 6.54. The standard InChI is InChI=1S/C16H19N3O2/c20-16(18-8-10-21-11-9-18)7-6-14-12-17-19(13-14)15-4-2-1-3-5-15/h1-5,12-13H,6-11H2. The normalized spacial score (nSPS) is 15.1. The van der Waals surface area contributed by atoms with Gasteiger partial charge in [0.25, 0.3) is 0 Å². The number of benzene rings is 1. The van der Waals surface area contributed by atoms with Crippen LogP contribution in [0.3, 0.4) is 0 Å². The quantitative estimate of drug-likeness (QED) is 0.858. The molecule has 0 N–H and O–H groups in total. The van der Waals surface area contributed by atoms with Crippen LogP contribution in [0.1, 0.15) is 12.0 Å². The van der Waals surface area contributed by atoms with Crippen molar-refractivity contribution in [1.82, 2.24) is 14.7 Å². The monoisotopic (exact) mass is 285 g/mol. The van der Waals surface area contributed by atoms with Crippen LogP contribution in [-0.2, 0) is 16.0 Å². The van der Waals surface area contributed by atoms with Crippen LogP contribution < -0.4 is 0 Å². The summed E-state index contributed by atoms with van der Waals surface area (Å²) in [5.41, 5.74) is 2.11. The zero-order chi connectivity index (χ0) is 14.5. The van der Waals surface area contributed by atoms with Gasteiger partial charge in [-0.05, 0) is 24.1 Å². The first-order valence-corrected chi connectivity index (χ1v) is 7.27. The lowest BCUT2D eigenvalue weighted by Crippen LogP contribution is -2.40. The first-order valence-electron chi connectivity index (χ1n) is 7.27. The molecule has 0 spiro atoms. The van der Waals surface area contributed by atoms with Crippen LogP contribution in [0.4, 0.5) is 0 Å². The highest BCUT2D eigenvalue weighted by molar-refractivity contribution is 5.76. The van der Waals surface area contributed by atoms with Gasteiger partial charge in [-0.25, -0.2) is 4.68 Å². The number of carbonyl (C=O) groups is 1. The highest BCUT2D eigenvalue weighted by atomic mass is 16.5. The number of morpholine rings is 1. The fourth-order valence-corrected chi connectivity index (χ4v) is 2.43. The summed E-state index contributed by atoms with van der Waals surface area (Å²) in [6.07, 6.45) is 5.07. The molecule has 2 aromatic rings. The van der Waals surface area contributed by atoms with Crippen LogP contribution >= 0.6 is 0 Å². The van der Waals surface area contributed by atoms with Crippen LogP contribution in [0.25, 0.3) is 5.69 Å². The van der Waals surface area contributed by atoms with Crippen LogP contribution in [0.15, 0.2) is 42.7 Å². The Balaban J connectivity index is 1.56. The number of hydrogen-bond acceptors (Lipinski definition) is 3. The van der Waals surface area contributed by atoms with Crippen molar-refractivity contribution in [3.05, 3.63) is 48.3 Å². The van der Waals surface area contributed by atoms with Gasteiger partial charge in [-0.2, -0.15) is 5.10 Å². The number of rotatable bonds is 4. The van der Waals surface area contributed by atoms with E-state index in [1.54, 1.807) is 0 Å². The summed E-state index contributed by atoms with van der Waals surface area (Å²) >= 11 is 0. The Labute approximate surface area is 124 Å². The van der Waals surface area contributed by atoms with E-state index in [4.69, 9.17) is 4.74 Å². The lowest BCUT2D eigenvalue weighted by Gasteiger charge is -2.26. The highest BCUT2D eigenvalue weighted by Crippen LogP contribution is 2.10. The molecule has 1 aromatic heterocycles. The van der Waals surface area contributed by atoms with Crippen LogP contribution in [0, 0.1) is 0 Å². The first kappa shape index (κ1) is 13.8. The van der Waals surface area contributed by atoms with Crippen molar-refractivity contribution in [2.45, 2.75) is 12.8 Å². The summed E-state index contributed by atoms with van der Waals surface area (Å²) in [5.74, 6) is 0.200. The molecule has 5 nitrogen and oxygen atoms in total. The molecular formula is C16H19N3O2. The van der Waals surface area contributed by atoms with Gasteiger partial charge in [0.1, 0.15) is 0 Å². The van der Waals surface area contributed by atoms with Crippen molar-refractivity contribution in [3.8, 4) is 5.69 Å². The number of amides is 1. The molecule has 0 aliphatic carbocycles. The van der Waals surface area contributed by atoms with Crippen LogP contribution in [0.2, 0.25) is 0 Å². The predicted octanol–water partition coefficient (Wildman–Crippen LogP) is 1.66. The third-order valence-electron chi connectivity index (χ3n) is 3.65. The summed E-state index contributed by atoms with van der Waals surface area (Å²) in [5, 5.41) is 4.35. The number of aryl methyl sites for hydroxylation is 1. The van der Waals surface area contributed by atoms with Gasteiger partial charge >= 0.3 is 0 Å². The summed E-state index contributed by atoms with van der Waals surface area (Å²) in [4.78, 5) is 14.0. The SMILES string of the molecule is O=C(CCc1cnn(-c2ccccc2)c1)N1CCOCC1. The lowest BCUT2D eigenvalue weighted by molar-refractivity contribution is -0.135. The van der Waals surface area contributed by atoms with Crippen molar-refractivity contribution in [2.75, 3.05) is 26.3 Å². The Morgan fingerprint density at radius 1 is 1.19 bits per heavy atom. The molecule has 3 rings (SSSR count). The Bertz CT molecular complexity index is 589. The van der Waals surface area contributed by atoms with E-state index in [1.165, 1.54) is 0 Å². The average molecular weight is 285 g/mol. The van der Waals surface area contributed by atoms with E-state index < -0.39 is 0 Å². The molecule has 21 heavy (non-hydrogen) atoms. The molecule has 0 saturated carbocycles. The predicted molar refractivity (Wildman–Crippen MR) is 79.3 cm³/mol. The van der Waals surface area contributed by atoms with Gasteiger partial charge in [0, 0.05) is 25.7 Å². The zero-order valence-electron chi connectivity index (χ0n) is 11.9. The molecule has 1 aromatic carbocycles. The number of carbonyl (C=O) groups excluding carboxylic acids is 1. The highest BCUT2D eigenvalue weighted by Gasteiger charge is 2.16. The molecule has 5 heteroatoms. The van der Waals surface area contributed by atoms with Gasteiger partial charge in [-0.1, -0.05) is 18.2 Å². The molecule has 1 aliphatic rings. The maximum Gasteiger partial charge on any atom is 0.223 e. The Morgan fingerprint density at radius 3 is 2.71 bits per heavy atom. The summed E-state index contributed by atoms with van der Waals surface area (Å²) in [6.45, 7) is 2.72. The summed E-state index contributed by atoms with van der Waals surface area (Å²) in [7, 11) is 0. The molecule has 0 atom stereocenters. The Morgan fingerprint density at radius 2 is 1.95 bits per heavy atom. The van der Waals surface area contributed by atoms with Crippen molar-refractivity contribution < 1.29 is 9.53 Å². The van der Waals surface area contributed by atoms with E-state index in [0.717, 1.165) is 17.7 Å². The van der Waals surface area contributed by atoms with Crippen LogP contribution in [0.5, 0.6) is 0 Å². The number of para-hydroxylation sites is 1. The number of aromatic nitrogens is 2.